The Morgan fingerprint density at radius 3 is 2.56 bits per heavy atom. The van der Waals surface area contributed by atoms with Crippen LogP contribution in [-0.2, 0) is 6.42 Å². The van der Waals surface area contributed by atoms with Gasteiger partial charge in [0.15, 0.2) is 0 Å². The lowest BCUT2D eigenvalue weighted by atomic mass is 10.2. The van der Waals surface area contributed by atoms with Crippen molar-refractivity contribution in [2.45, 2.75) is 13.3 Å². The first kappa shape index (κ1) is 17.1. The third-order valence-electron chi connectivity index (χ3n) is 4.56. The number of H-pyrrole nitrogens is 1. The Hall–Kier alpha value is -2.76. The number of methoxy groups -OCH3 is 1. The van der Waals surface area contributed by atoms with Gasteiger partial charge in [0.05, 0.1) is 18.5 Å². The predicted molar refractivity (Wildman–Crippen MR) is 101 cm³/mol. The summed E-state index contributed by atoms with van der Waals surface area (Å²) in [7, 11) is 1.69. The number of ether oxygens (including phenoxy) is 1. The van der Waals surface area contributed by atoms with E-state index in [9.17, 15) is 4.79 Å². The Labute approximate surface area is 147 Å². The summed E-state index contributed by atoms with van der Waals surface area (Å²) < 4.78 is 5.45. The number of hydrogen-bond acceptors (Lipinski definition) is 5. The number of hydrogen-bond donors (Lipinski definition) is 1. The van der Waals surface area contributed by atoms with Crippen molar-refractivity contribution in [3.05, 3.63) is 58.5 Å². The number of nitrogens with zero attached hydrogens (tertiary/aromatic N) is 3. The predicted octanol–water partition coefficient (Wildman–Crippen LogP) is 2.14. The van der Waals surface area contributed by atoms with Crippen LogP contribution in [0.3, 0.4) is 0 Å². The zero-order valence-corrected chi connectivity index (χ0v) is 14.8. The molecule has 1 aromatic heterocycles. The highest BCUT2D eigenvalue weighted by Crippen LogP contribution is 2.28. The SMILES string of the molecule is C=CCc1c(C)nc(N2CCN(c3ccccc3OC)CC2)[nH]c1=O. The molecule has 1 aliphatic heterocycles. The van der Waals surface area contributed by atoms with E-state index >= 15 is 0 Å². The molecule has 6 nitrogen and oxygen atoms in total. The molecule has 0 spiro atoms. The minimum Gasteiger partial charge on any atom is -0.495 e. The van der Waals surface area contributed by atoms with E-state index in [-0.39, 0.29) is 5.56 Å². The molecule has 0 saturated carbocycles. The molecule has 1 saturated heterocycles. The van der Waals surface area contributed by atoms with E-state index in [4.69, 9.17) is 4.74 Å². The van der Waals surface area contributed by atoms with Gasteiger partial charge in [-0.2, -0.15) is 0 Å². The zero-order chi connectivity index (χ0) is 17.8. The van der Waals surface area contributed by atoms with E-state index in [1.165, 1.54) is 0 Å². The Kier molecular flexibility index (Phi) is 5.07. The fourth-order valence-electron chi connectivity index (χ4n) is 3.18. The maximum absolute atomic E-state index is 12.3. The van der Waals surface area contributed by atoms with Crippen LogP contribution in [0.1, 0.15) is 11.3 Å². The molecule has 2 aromatic rings. The molecule has 0 radical (unpaired) electrons. The zero-order valence-electron chi connectivity index (χ0n) is 14.8. The first-order valence-electron chi connectivity index (χ1n) is 8.47. The smallest absolute Gasteiger partial charge is 0.256 e. The Balaban J connectivity index is 1.74. The summed E-state index contributed by atoms with van der Waals surface area (Å²) >= 11 is 0. The second kappa shape index (κ2) is 7.42. The molecule has 2 heterocycles. The van der Waals surface area contributed by atoms with Crippen molar-refractivity contribution in [2.24, 2.45) is 0 Å². The fourth-order valence-corrected chi connectivity index (χ4v) is 3.18. The summed E-state index contributed by atoms with van der Waals surface area (Å²) in [4.78, 5) is 24.2. The molecule has 1 aromatic carbocycles. The highest BCUT2D eigenvalue weighted by molar-refractivity contribution is 5.59. The van der Waals surface area contributed by atoms with Crippen LogP contribution in [0.5, 0.6) is 5.75 Å². The molecule has 1 fully saturated rings. The van der Waals surface area contributed by atoms with Gasteiger partial charge in [-0.15, -0.1) is 6.58 Å². The molecule has 6 heteroatoms. The van der Waals surface area contributed by atoms with Crippen molar-refractivity contribution < 1.29 is 4.74 Å². The van der Waals surface area contributed by atoms with Crippen LogP contribution in [0, 0.1) is 6.92 Å². The van der Waals surface area contributed by atoms with E-state index in [1.807, 2.05) is 25.1 Å². The summed E-state index contributed by atoms with van der Waals surface area (Å²) in [6, 6.07) is 8.04. The second-order valence-electron chi connectivity index (χ2n) is 6.09. The third-order valence-corrected chi connectivity index (χ3v) is 4.56. The number of aryl methyl sites for hydroxylation is 1. The van der Waals surface area contributed by atoms with Crippen LogP contribution in [0.15, 0.2) is 41.7 Å². The molecule has 1 aliphatic rings. The van der Waals surface area contributed by atoms with Gasteiger partial charge in [-0.3, -0.25) is 9.78 Å². The number of piperazine rings is 1. The van der Waals surface area contributed by atoms with Crippen LogP contribution >= 0.6 is 0 Å². The number of para-hydroxylation sites is 2. The lowest BCUT2D eigenvalue weighted by Crippen LogP contribution is -2.47. The molecule has 0 atom stereocenters. The molecule has 25 heavy (non-hydrogen) atoms. The molecule has 3 rings (SSSR count). The summed E-state index contributed by atoms with van der Waals surface area (Å²) in [5, 5.41) is 0. The molecule has 1 N–H and O–H groups in total. The molecule has 0 amide bonds. The standard InChI is InChI=1S/C19H24N4O2/c1-4-7-15-14(2)20-19(21-18(15)24)23-12-10-22(11-13-23)16-8-5-6-9-17(16)25-3/h4-6,8-9H,1,7,10-13H2,2-3H3,(H,20,21,24). The molecular weight excluding hydrogens is 316 g/mol. The van der Waals surface area contributed by atoms with Crippen molar-refractivity contribution in [3.63, 3.8) is 0 Å². The number of allylic oxidation sites excluding steroid dienone is 1. The van der Waals surface area contributed by atoms with Gasteiger partial charge in [0.2, 0.25) is 5.95 Å². The van der Waals surface area contributed by atoms with Gasteiger partial charge in [-0.1, -0.05) is 18.2 Å². The van der Waals surface area contributed by atoms with Gasteiger partial charge in [-0.05, 0) is 25.5 Å². The van der Waals surface area contributed by atoms with E-state index < -0.39 is 0 Å². The molecular formula is C19H24N4O2. The van der Waals surface area contributed by atoms with Crippen molar-refractivity contribution in [3.8, 4) is 5.75 Å². The summed E-state index contributed by atoms with van der Waals surface area (Å²) in [6.45, 7) is 8.85. The van der Waals surface area contributed by atoms with E-state index in [0.717, 1.165) is 43.3 Å². The first-order chi connectivity index (χ1) is 12.1. The van der Waals surface area contributed by atoms with Gasteiger partial charge in [0.25, 0.3) is 5.56 Å². The molecule has 0 bridgehead atoms. The van der Waals surface area contributed by atoms with Gasteiger partial charge in [0.1, 0.15) is 5.75 Å². The minimum atomic E-state index is -0.0745. The van der Waals surface area contributed by atoms with Gasteiger partial charge >= 0.3 is 0 Å². The number of rotatable bonds is 5. The monoisotopic (exact) mass is 340 g/mol. The van der Waals surface area contributed by atoms with E-state index in [1.54, 1.807) is 13.2 Å². The molecule has 0 unspecified atom stereocenters. The first-order valence-corrected chi connectivity index (χ1v) is 8.47. The van der Waals surface area contributed by atoms with E-state index in [2.05, 4.69) is 32.4 Å². The van der Waals surface area contributed by atoms with Crippen LogP contribution in [0.2, 0.25) is 0 Å². The quantitative estimate of drug-likeness (QED) is 0.845. The summed E-state index contributed by atoms with van der Waals surface area (Å²) in [5.41, 5.74) is 2.48. The van der Waals surface area contributed by atoms with Crippen LogP contribution in [0.25, 0.3) is 0 Å². The summed E-state index contributed by atoms with van der Waals surface area (Å²) in [5.74, 6) is 1.53. The molecule has 0 aliphatic carbocycles. The third kappa shape index (κ3) is 3.52. The largest absolute Gasteiger partial charge is 0.495 e. The fraction of sp³-hybridized carbons (Fsp3) is 0.368. The molecule has 132 valence electrons. The highest BCUT2D eigenvalue weighted by atomic mass is 16.5. The van der Waals surface area contributed by atoms with Crippen molar-refractivity contribution in [2.75, 3.05) is 43.1 Å². The number of nitrogens with one attached hydrogen (secondary N) is 1. The van der Waals surface area contributed by atoms with Crippen LogP contribution < -0.4 is 20.1 Å². The van der Waals surface area contributed by atoms with Crippen LogP contribution in [0.4, 0.5) is 11.6 Å². The summed E-state index contributed by atoms with van der Waals surface area (Å²) in [6.07, 6.45) is 2.26. The average molecular weight is 340 g/mol. The lowest BCUT2D eigenvalue weighted by molar-refractivity contribution is 0.413. The van der Waals surface area contributed by atoms with Gasteiger partial charge in [0, 0.05) is 31.7 Å². The topological polar surface area (TPSA) is 61.5 Å². The number of aromatic amines is 1. The maximum atomic E-state index is 12.3. The van der Waals surface area contributed by atoms with Crippen molar-refractivity contribution in [1.82, 2.24) is 9.97 Å². The minimum absolute atomic E-state index is 0.0745. The van der Waals surface area contributed by atoms with Gasteiger partial charge in [-0.25, -0.2) is 4.98 Å². The van der Waals surface area contributed by atoms with Gasteiger partial charge < -0.3 is 14.5 Å². The normalized spacial score (nSPS) is 14.5. The van der Waals surface area contributed by atoms with Crippen molar-refractivity contribution >= 4 is 11.6 Å². The Bertz CT molecular complexity index is 807. The second-order valence-corrected chi connectivity index (χ2v) is 6.09. The number of benzene rings is 1. The average Bonchev–Trinajstić information content (AvgIpc) is 2.64. The number of anilines is 2. The van der Waals surface area contributed by atoms with E-state index in [0.29, 0.717) is 17.9 Å². The lowest BCUT2D eigenvalue weighted by Gasteiger charge is -2.36. The highest BCUT2D eigenvalue weighted by Gasteiger charge is 2.21. The maximum Gasteiger partial charge on any atom is 0.256 e. The van der Waals surface area contributed by atoms with Crippen molar-refractivity contribution in [1.29, 1.82) is 0 Å². The van der Waals surface area contributed by atoms with Crippen LogP contribution in [-0.4, -0.2) is 43.3 Å². The number of aromatic nitrogens is 2. The Morgan fingerprint density at radius 1 is 1.24 bits per heavy atom. The Morgan fingerprint density at radius 2 is 1.92 bits per heavy atom.